The first-order valence-corrected chi connectivity index (χ1v) is 11.4. The van der Waals surface area contributed by atoms with Gasteiger partial charge in [-0.15, -0.1) is 0 Å². The number of ether oxygens (including phenoxy) is 3. The van der Waals surface area contributed by atoms with Gasteiger partial charge in [0.15, 0.2) is 12.4 Å². The zero-order valence-corrected chi connectivity index (χ0v) is 19.0. The molecule has 0 saturated carbocycles. The number of aromatic carboxylic acids is 1. The van der Waals surface area contributed by atoms with Gasteiger partial charge in [-0.05, 0) is 37.5 Å². The number of carbonyl (C=O) groups excluding carboxylic acids is 1. The summed E-state index contributed by atoms with van der Waals surface area (Å²) in [7, 11) is 0. The van der Waals surface area contributed by atoms with Crippen molar-refractivity contribution in [2.75, 3.05) is 6.61 Å². The zero-order valence-electron chi connectivity index (χ0n) is 19.0. The Labute approximate surface area is 199 Å². The van der Waals surface area contributed by atoms with Gasteiger partial charge in [0.2, 0.25) is 0 Å². The van der Waals surface area contributed by atoms with Crippen molar-refractivity contribution in [2.45, 2.75) is 38.3 Å². The third kappa shape index (κ3) is 5.90. The van der Waals surface area contributed by atoms with Gasteiger partial charge >= 0.3 is 11.9 Å². The number of carbonyl (C=O) groups is 2. The molecule has 1 N–H and O–H groups in total. The minimum Gasteiger partial charge on any atom is -0.478 e. The van der Waals surface area contributed by atoms with Crippen LogP contribution in [0.25, 0.3) is 0 Å². The molecule has 176 valence electrons. The van der Waals surface area contributed by atoms with Gasteiger partial charge in [0.1, 0.15) is 0 Å². The Morgan fingerprint density at radius 1 is 0.912 bits per heavy atom. The Bertz CT molecular complexity index is 1100. The molecular formula is C28H28O6. The van der Waals surface area contributed by atoms with Crippen LogP contribution in [0.1, 0.15) is 38.3 Å². The average molecular weight is 461 g/mol. The van der Waals surface area contributed by atoms with E-state index in [1.165, 1.54) is 17.7 Å². The minimum absolute atomic E-state index is 0.00460. The van der Waals surface area contributed by atoms with E-state index in [0.29, 0.717) is 6.61 Å². The normalized spacial score (nSPS) is 22.9. The zero-order chi connectivity index (χ0) is 23.9. The lowest BCUT2D eigenvalue weighted by Gasteiger charge is -2.34. The van der Waals surface area contributed by atoms with E-state index in [2.05, 4.69) is 19.1 Å². The van der Waals surface area contributed by atoms with E-state index >= 15 is 0 Å². The maximum absolute atomic E-state index is 12.7. The van der Waals surface area contributed by atoms with Crippen LogP contribution in [0.2, 0.25) is 0 Å². The molecule has 2 saturated heterocycles. The molecule has 2 bridgehead atoms. The third-order valence-electron chi connectivity index (χ3n) is 5.97. The summed E-state index contributed by atoms with van der Waals surface area (Å²) in [6.07, 6.45) is 0.268. The molecule has 0 amide bonds. The number of carboxylic acid groups (broad SMARTS) is 1. The van der Waals surface area contributed by atoms with Gasteiger partial charge in [-0.1, -0.05) is 78.4 Å². The van der Waals surface area contributed by atoms with Crippen molar-refractivity contribution < 1.29 is 28.9 Å². The molecule has 5 rings (SSSR count). The van der Waals surface area contributed by atoms with Crippen molar-refractivity contribution in [1.29, 1.82) is 0 Å². The van der Waals surface area contributed by atoms with Crippen LogP contribution in [0.5, 0.6) is 0 Å². The predicted octanol–water partition coefficient (Wildman–Crippen LogP) is 4.91. The van der Waals surface area contributed by atoms with Gasteiger partial charge < -0.3 is 19.3 Å². The molecule has 6 nitrogen and oxygen atoms in total. The Hall–Kier alpha value is -3.48. The highest BCUT2D eigenvalue weighted by molar-refractivity contribution is 6.02. The molecule has 34 heavy (non-hydrogen) atoms. The molecule has 0 aliphatic carbocycles. The first-order chi connectivity index (χ1) is 16.5. The fourth-order valence-electron chi connectivity index (χ4n) is 4.30. The molecule has 2 unspecified atom stereocenters. The second kappa shape index (κ2) is 11.1. The molecule has 3 aromatic carbocycles. The van der Waals surface area contributed by atoms with Crippen LogP contribution in [0.3, 0.4) is 0 Å². The standard InChI is InChI=1S/C21H20O6.C7H8/c22-19(23)16-8-4-5-9-17(16)20(24)27-18-14(10-13-6-2-1-3-7-13)11-15-12-25-21(18)26-15;1-7-5-3-2-4-6-7/h1-9,14-15,18,21H,10-12H2,(H,22,23);2-6H,1H3/t14?,15-,18?,21+;/m0./s1. The number of esters is 1. The summed E-state index contributed by atoms with van der Waals surface area (Å²) in [5.41, 5.74) is 2.42. The van der Waals surface area contributed by atoms with Crippen molar-refractivity contribution in [3.8, 4) is 0 Å². The van der Waals surface area contributed by atoms with Crippen molar-refractivity contribution in [3.05, 3.63) is 107 Å². The molecule has 0 aromatic heterocycles. The molecule has 2 aliphatic heterocycles. The summed E-state index contributed by atoms with van der Waals surface area (Å²) in [6, 6.07) is 26.3. The predicted molar refractivity (Wildman–Crippen MR) is 127 cm³/mol. The van der Waals surface area contributed by atoms with E-state index in [1.807, 2.05) is 48.5 Å². The van der Waals surface area contributed by atoms with Gasteiger partial charge in [0.25, 0.3) is 0 Å². The largest absolute Gasteiger partial charge is 0.478 e. The Kier molecular flexibility index (Phi) is 7.72. The Morgan fingerprint density at radius 2 is 1.53 bits per heavy atom. The highest BCUT2D eigenvalue weighted by atomic mass is 16.7. The lowest BCUT2D eigenvalue weighted by atomic mass is 9.87. The summed E-state index contributed by atoms with van der Waals surface area (Å²) in [5.74, 6) is -1.80. The van der Waals surface area contributed by atoms with Gasteiger partial charge in [-0.25, -0.2) is 9.59 Å². The summed E-state index contributed by atoms with van der Waals surface area (Å²) in [6.45, 7) is 2.57. The average Bonchev–Trinajstić information content (AvgIpc) is 3.25. The molecule has 4 atom stereocenters. The highest BCUT2D eigenvalue weighted by Crippen LogP contribution is 2.36. The summed E-state index contributed by atoms with van der Waals surface area (Å²) in [4.78, 5) is 24.1. The first kappa shape index (κ1) is 23.7. The molecule has 0 radical (unpaired) electrons. The van der Waals surface area contributed by atoms with Gasteiger partial charge in [-0.2, -0.15) is 0 Å². The molecule has 0 spiro atoms. The minimum atomic E-state index is -1.17. The molecule has 2 aliphatic rings. The van der Waals surface area contributed by atoms with Crippen LogP contribution >= 0.6 is 0 Å². The molecule has 2 heterocycles. The number of benzene rings is 3. The van der Waals surface area contributed by atoms with Crippen molar-refractivity contribution in [3.63, 3.8) is 0 Å². The number of carboxylic acids is 1. The van der Waals surface area contributed by atoms with Crippen LogP contribution in [-0.4, -0.2) is 42.1 Å². The molecule has 3 aromatic rings. The summed E-state index contributed by atoms with van der Waals surface area (Å²) >= 11 is 0. The second-order valence-corrected chi connectivity index (χ2v) is 8.52. The van der Waals surface area contributed by atoms with Gasteiger partial charge in [0, 0.05) is 5.92 Å². The van der Waals surface area contributed by atoms with E-state index in [1.54, 1.807) is 12.1 Å². The van der Waals surface area contributed by atoms with Crippen LogP contribution in [0.4, 0.5) is 0 Å². The second-order valence-electron chi connectivity index (χ2n) is 8.52. The Balaban J connectivity index is 0.000000336. The fraction of sp³-hybridized carbons (Fsp3) is 0.286. The van der Waals surface area contributed by atoms with Crippen LogP contribution in [0, 0.1) is 12.8 Å². The van der Waals surface area contributed by atoms with E-state index in [0.717, 1.165) is 18.4 Å². The highest BCUT2D eigenvalue weighted by Gasteiger charge is 2.46. The lowest BCUT2D eigenvalue weighted by Crippen LogP contribution is -2.44. The maximum atomic E-state index is 12.7. The van der Waals surface area contributed by atoms with Crippen molar-refractivity contribution in [1.82, 2.24) is 0 Å². The SMILES string of the molecule is Cc1ccccc1.O=C(O)c1ccccc1C(=O)OC1C(Cc2ccccc2)C[C@H]2CO[C@@H]1O2. The number of hydrogen-bond acceptors (Lipinski definition) is 5. The molecule has 6 heteroatoms. The van der Waals surface area contributed by atoms with E-state index in [4.69, 9.17) is 14.2 Å². The van der Waals surface area contributed by atoms with Crippen molar-refractivity contribution >= 4 is 11.9 Å². The third-order valence-corrected chi connectivity index (χ3v) is 5.97. The van der Waals surface area contributed by atoms with Crippen LogP contribution < -0.4 is 0 Å². The van der Waals surface area contributed by atoms with Gasteiger partial charge in [0.05, 0.1) is 23.8 Å². The first-order valence-electron chi connectivity index (χ1n) is 11.4. The summed E-state index contributed by atoms with van der Waals surface area (Å²) in [5, 5.41) is 9.31. The number of hydrogen-bond donors (Lipinski definition) is 1. The van der Waals surface area contributed by atoms with Gasteiger partial charge in [-0.3, -0.25) is 0 Å². The number of rotatable bonds is 5. The smallest absolute Gasteiger partial charge is 0.339 e. The fourth-order valence-corrected chi connectivity index (χ4v) is 4.30. The van der Waals surface area contributed by atoms with E-state index in [-0.39, 0.29) is 23.1 Å². The van der Waals surface area contributed by atoms with E-state index < -0.39 is 24.3 Å². The Morgan fingerprint density at radius 3 is 2.15 bits per heavy atom. The van der Waals surface area contributed by atoms with Crippen molar-refractivity contribution in [2.24, 2.45) is 5.92 Å². The number of aryl methyl sites for hydroxylation is 1. The van der Waals surface area contributed by atoms with E-state index in [9.17, 15) is 14.7 Å². The monoisotopic (exact) mass is 460 g/mol. The lowest BCUT2D eigenvalue weighted by molar-refractivity contribution is -0.176. The van der Waals surface area contributed by atoms with Crippen LogP contribution in [-0.2, 0) is 20.6 Å². The summed E-state index contributed by atoms with van der Waals surface area (Å²) < 4.78 is 17.2. The molecular weight excluding hydrogens is 432 g/mol. The van der Waals surface area contributed by atoms with Crippen LogP contribution in [0.15, 0.2) is 84.9 Å². The maximum Gasteiger partial charge on any atom is 0.339 e. The quantitative estimate of drug-likeness (QED) is 0.545. The number of fused-ring (bicyclic) bond motifs is 2. The molecule has 2 fully saturated rings. The topological polar surface area (TPSA) is 82.1 Å².